The number of rotatable bonds is 8. The molecule has 3 rings (SSSR count). The van der Waals surface area contributed by atoms with Crippen LogP contribution in [-0.2, 0) is 0 Å². The van der Waals surface area contributed by atoms with E-state index in [1.54, 1.807) is 6.07 Å². The first-order valence-corrected chi connectivity index (χ1v) is 9.79. The van der Waals surface area contributed by atoms with Crippen LogP contribution in [0.1, 0.15) is 30.0 Å². The first-order chi connectivity index (χ1) is 14.1. The molecule has 0 fully saturated rings. The van der Waals surface area contributed by atoms with E-state index < -0.39 is 5.82 Å². The molecule has 150 valence electrons. The van der Waals surface area contributed by atoms with Crippen LogP contribution in [0.15, 0.2) is 72.8 Å². The molecule has 0 aliphatic carbocycles. The smallest absolute Gasteiger partial charge is 0.165 e. The van der Waals surface area contributed by atoms with Crippen LogP contribution in [0.25, 0.3) is 11.1 Å². The lowest BCUT2D eigenvalue weighted by Crippen LogP contribution is -2.15. The molecule has 2 N–H and O–H groups in total. The molecule has 0 saturated heterocycles. The molecule has 0 atom stereocenters. The van der Waals surface area contributed by atoms with Gasteiger partial charge in [-0.15, -0.1) is 0 Å². The Hall–Kier alpha value is -3.11. The standard InChI is InChI=1S/C25H26FNO2/c1-3-22(18-7-5-4-6-8-18)25(20-11-14-24(28)23(26)17-20)19-9-12-21(13-10-19)29-16-15-27-2/h4-14,17,27-28H,3,15-16H2,1-2H3/b25-22+. The second-order valence-corrected chi connectivity index (χ2v) is 6.72. The predicted molar refractivity (Wildman–Crippen MR) is 117 cm³/mol. The Kier molecular flexibility index (Phi) is 7.04. The van der Waals surface area contributed by atoms with Crippen molar-refractivity contribution in [3.8, 4) is 11.5 Å². The number of hydrogen-bond donors (Lipinski definition) is 2. The van der Waals surface area contributed by atoms with E-state index in [2.05, 4.69) is 24.4 Å². The van der Waals surface area contributed by atoms with Gasteiger partial charge >= 0.3 is 0 Å². The lowest BCUT2D eigenvalue weighted by molar-refractivity contribution is 0.318. The maximum absolute atomic E-state index is 14.2. The summed E-state index contributed by atoms with van der Waals surface area (Å²) >= 11 is 0. The Labute approximate surface area is 171 Å². The minimum atomic E-state index is -0.629. The van der Waals surface area contributed by atoms with Gasteiger partial charge in [0.05, 0.1) is 0 Å². The molecule has 29 heavy (non-hydrogen) atoms. The number of phenolic OH excluding ortho intramolecular Hbond substituents is 1. The molecule has 3 aromatic rings. The van der Waals surface area contributed by atoms with Crippen molar-refractivity contribution in [3.63, 3.8) is 0 Å². The van der Waals surface area contributed by atoms with Gasteiger partial charge < -0.3 is 15.2 Å². The maximum atomic E-state index is 14.2. The summed E-state index contributed by atoms with van der Waals surface area (Å²) in [7, 11) is 1.89. The zero-order valence-corrected chi connectivity index (χ0v) is 16.8. The van der Waals surface area contributed by atoms with Crippen LogP contribution in [-0.4, -0.2) is 25.3 Å². The second-order valence-electron chi connectivity index (χ2n) is 6.72. The molecular formula is C25H26FNO2. The van der Waals surface area contributed by atoms with Gasteiger partial charge in [-0.2, -0.15) is 0 Å². The van der Waals surface area contributed by atoms with Gasteiger partial charge in [0.15, 0.2) is 11.6 Å². The van der Waals surface area contributed by atoms with Crippen LogP contribution in [0.4, 0.5) is 4.39 Å². The Morgan fingerprint density at radius 2 is 1.62 bits per heavy atom. The van der Waals surface area contributed by atoms with Crippen molar-refractivity contribution >= 4 is 11.1 Å². The van der Waals surface area contributed by atoms with Gasteiger partial charge in [0.25, 0.3) is 0 Å². The van der Waals surface area contributed by atoms with Gasteiger partial charge in [0.1, 0.15) is 12.4 Å². The van der Waals surface area contributed by atoms with Gasteiger partial charge in [-0.3, -0.25) is 0 Å². The van der Waals surface area contributed by atoms with Gasteiger partial charge in [-0.05, 0) is 65.6 Å². The van der Waals surface area contributed by atoms with E-state index >= 15 is 0 Å². The highest BCUT2D eigenvalue weighted by molar-refractivity contribution is 5.98. The van der Waals surface area contributed by atoms with Crippen LogP contribution >= 0.6 is 0 Å². The SMILES string of the molecule is CC/C(=C(/c1ccc(OCCNC)cc1)c1ccc(O)c(F)c1)c1ccccc1. The number of likely N-dealkylation sites (N-methyl/N-ethyl adjacent to an activating group) is 1. The number of phenols is 1. The van der Waals surface area contributed by atoms with Crippen molar-refractivity contribution in [3.05, 3.63) is 95.3 Å². The van der Waals surface area contributed by atoms with Crippen molar-refractivity contribution in [1.29, 1.82) is 0 Å². The minimum absolute atomic E-state index is 0.348. The Morgan fingerprint density at radius 3 is 2.24 bits per heavy atom. The first kappa shape index (κ1) is 20.6. The number of nitrogens with one attached hydrogen (secondary N) is 1. The summed E-state index contributed by atoms with van der Waals surface area (Å²) in [6, 6.07) is 22.5. The third-order valence-corrected chi connectivity index (χ3v) is 4.78. The molecule has 4 heteroatoms. The topological polar surface area (TPSA) is 41.5 Å². The van der Waals surface area contributed by atoms with E-state index in [4.69, 9.17) is 4.74 Å². The monoisotopic (exact) mass is 391 g/mol. The number of benzene rings is 3. The summed E-state index contributed by atoms with van der Waals surface area (Å²) in [4.78, 5) is 0. The predicted octanol–water partition coefficient (Wildman–Crippen LogP) is 5.50. The quantitative estimate of drug-likeness (QED) is 0.394. The summed E-state index contributed by atoms with van der Waals surface area (Å²) < 4.78 is 19.9. The lowest BCUT2D eigenvalue weighted by atomic mass is 9.88. The van der Waals surface area contributed by atoms with E-state index in [9.17, 15) is 9.50 Å². The Morgan fingerprint density at radius 1 is 0.931 bits per heavy atom. The summed E-state index contributed by atoms with van der Waals surface area (Å²) in [5, 5.41) is 12.7. The van der Waals surface area contributed by atoms with Crippen molar-refractivity contribution in [2.45, 2.75) is 13.3 Å². The van der Waals surface area contributed by atoms with Gasteiger partial charge in [-0.25, -0.2) is 4.39 Å². The van der Waals surface area contributed by atoms with E-state index in [1.807, 2.05) is 49.5 Å². The molecular weight excluding hydrogens is 365 g/mol. The molecule has 0 spiro atoms. The van der Waals surface area contributed by atoms with Crippen LogP contribution in [0.5, 0.6) is 11.5 Å². The van der Waals surface area contributed by atoms with Crippen LogP contribution < -0.4 is 10.1 Å². The first-order valence-electron chi connectivity index (χ1n) is 9.79. The van der Waals surface area contributed by atoms with Crippen LogP contribution in [0.2, 0.25) is 0 Å². The summed E-state index contributed by atoms with van der Waals surface area (Å²) in [6.45, 7) is 3.45. The fraction of sp³-hybridized carbons (Fsp3) is 0.200. The molecule has 3 aromatic carbocycles. The molecule has 0 heterocycles. The molecule has 0 aliphatic rings. The molecule has 0 aromatic heterocycles. The van der Waals surface area contributed by atoms with Crippen LogP contribution in [0, 0.1) is 5.82 Å². The highest BCUT2D eigenvalue weighted by Crippen LogP contribution is 2.36. The summed E-state index contributed by atoms with van der Waals surface area (Å²) in [6.07, 6.45) is 0.780. The highest BCUT2D eigenvalue weighted by Gasteiger charge is 2.15. The minimum Gasteiger partial charge on any atom is -0.505 e. The lowest BCUT2D eigenvalue weighted by Gasteiger charge is -2.17. The Bertz CT molecular complexity index is 966. The summed E-state index contributed by atoms with van der Waals surface area (Å²) in [5.74, 6) is -0.187. The zero-order chi connectivity index (χ0) is 20.6. The van der Waals surface area contributed by atoms with Crippen molar-refractivity contribution in [2.24, 2.45) is 0 Å². The van der Waals surface area contributed by atoms with Gasteiger partial charge in [-0.1, -0.05) is 55.5 Å². The molecule has 0 saturated carbocycles. The molecule has 0 aliphatic heterocycles. The normalized spacial score (nSPS) is 11.8. The largest absolute Gasteiger partial charge is 0.505 e. The third kappa shape index (κ3) is 5.04. The molecule has 0 amide bonds. The highest BCUT2D eigenvalue weighted by atomic mass is 19.1. The number of ether oxygens (including phenoxy) is 1. The Balaban J connectivity index is 2.10. The molecule has 3 nitrogen and oxygen atoms in total. The average Bonchev–Trinajstić information content (AvgIpc) is 2.75. The van der Waals surface area contributed by atoms with E-state index in [1.165, 1.54) is 12.1 Å². The van der Waals surface area contributed by atoms with E-state index in [0.717, 1.165) is 46.6 Å². The van der Waals surface area contributed by atoms with Gasteiger partial charge in [0, 0.05) is 6.54 Å². The number of allylic oxidation sites excluding steroid dienone is 1. The van der Waals surface area contributed by atoms with Crippen molar-refractivity contribution in [2.75, 3.05) is 20.2 Å². The molecule has 0 bridgehead atoms. The van der Waals surface area contributed by atoms with E-state index in [0.29, 0.717) is 6.61 Å². The third-order valence-electron chi connectivity index (χ3n) is 4.78. The second kappa shape index (κ2) is 9.89. The van der Waals surface area contributed by atoms with E-state index in [-0.39, 0.29) is 5.75 Å². The fourth-order valence-corrected chi connectivity index (χ4v) is 3.33. The van der Waals surface area contributed by atoms with Crippen molar-refractivity contribution < 1.29 is 14.2 Å². The number of halogens is 1. The zero-order valence-electron chi connectivity index (χ0n) is 16.8. The maximum Gasteiger partial charge on any atom is 0.165 e. The fourth-order valence-electron chi connectivity index (χ4n) is 3.33. The summed E-state index contributed by atoms with van der Waals surface area (Å²) in [5.41, 5.74) is 4.84. The molecule has 0 unspecified atom stereocenters. The number of aromatic hydroxyl groups is 1. The average molecular weight is 391 g/mol. The van der Waals surface area contributed by atoms with Crippen molar-refractivity contribution in [1.82, 2.24) is 5.32 Å². The number of hydrogen-bond acceptors (Lipinski definition) is 3. The molecule has 0 radical (unpaired) electrons. The van der Waals surface area contributed by atoms with Gasteiger partial charge in [0.2, 0.25) is 0 Å². The van der Waals surface area contributed by atoms with Crippen LogP contribution in [0.3, 0.4) is 0 Å².